The Kier molecular flexibility index (Phi) is 3.11. The topological polar surface area (TPSA) is 55.8 Å². The molecule has 1 unspecified atom stereocenters. The van der Waals surface area contributed by atoms with Crippen molar-refractivity contribution in [3.63, 3.8) is 0 Å². The van der Waals surface area contributed by atoms with Crippen molar-refractivity contribution in [2.75, 3.05) is 20.8 Å². The summed E-state index contributed by atoms with van der Waals surface area (Å²) in [5.41, 5.74) is 0. The van der Waals surface area contributed by atoms with Crippen molar-refractivity contribution < 1.29 is 19.1 Å². The number of hydrogen-bond acceptors (Lipinski definition) is 4. The Bertz CT molecular complexity index is 194. The zero-order valence-electron chi connectivity index (χ0n) is 7.65. The summed E-state index contributed by atoms with van der Waals surface area (Å²) in [7, 11) is 2.64. The molecule has 0 aromatic heterocycles. The summed E-state index contributed by atoms with van der Waals surface area (Å²) >= 11 is 0. The fourth-order valence-corrected chi connectivity index (χ4v) is 1.24. The summed E-state index contributed by atoms with van der Waals surface area (Å²) in [6.45, 7) is 2.05. The Balaban J connectivity index is 2.44. The number of nitrogens with zero attached hydrogens (tertiary/aromatic N) is 1. The number of rotatable bonds is 1. The van der Waals surface area contributed by atoms with Gasteiger partial charge in [0.2, 0.25) is 0 Å². The first-order valence-corrected chi connectivity index (χ1v) is 3.96. The standard InChI is InChI=1S/C8H12NO4/c1-12-7(10)6-3-4-9(5-6)8(11)13-2/h5-6H,3-4H2,1-2H3. The minimum absolute atomic E-state index is 0.314. The summed E-state index contributed by atoms with van der Waals surface area (Å²) in [5, 5.41) is 0. The minimum Gasteiger partial charge on any atom is -0.469 e. The number of amides is 1. The fraction of sp³-hybridized carbons (Fsp3) is 0.625. The molecule has 1 atom stereocenters. The van der Waals surface area contributed by atoms with Gasteiger partial charge in [-0.3, -0.25) is 4.79 Å². The van der Waals surface area contributed by atoms with Crippen molar-refractivity contribution in [3.05, 3.63) is 6.54 Å². The van der Waals surface area contributed by atoms with Gasteiger partial charge in [0.05, 0.1) is 26.7 Å². The summed E-state index contributed by atoms with van der Waals surface area (Å²) in [6.07, 6.45) is 0.160. The second-order valence-corrected chi connectivity index (χ2v) is 2.73. The zero-order valence-corrected chi connectivity index (χ0v) is 7.65. The zero-order chi connectivity index (χ0) is 9.84. The van der Waals surface area contributed by atoms with E-state index in [0.29, 0.717) is 13.0 Å². The Labute approximate surface area is 76.6 Å². The molecule has 5 heteroatoms. The van der Waals surface area contributed by atoms with Crippen LogP contribution in [0.25, 0.3) is 0 Å². The molecule has 1 aliphatic rings. The van der Waals surface area contributed by atoms with Crippen LogP contribution < -0.4 is 0 Å². The molecule has 5 nitrogen and oxygen atoms in total. The van der Waals surface area contributed by atoms with E-state index in [4.69, 9.17) is 0 Å². The van der Waals surface area contributed by atoms with Crippen molar-refractivity contribution in [1.29, 1.82) is 0 Å². The van der Waals surface area contributed by atoms with Crippen molar-refractivity contribution in [2.24, 2.45) is 5.92 Å². The highest BCUT2D eigenvalue weighted by molar-refractivity contribution is 5.77. The molecule has 0 aromatic carbocycles. The predicted molar refractivity (Wildman–Crippen MR) is 43.5 cm³/mol. The largest absolute Gasteiger partial charge is 0.469 e. The van der Waals surface area contributed by atoms with Gasteiger partial charge in [-0.1, -0.05) is 0 Å². The van der Waals surface area contributed by atoms with Crippen LogP contribution in [0.3, 0.4) is 0 Å². The van der Waals surface area contributed by atoms with E-state index in [1.165, 1.54) is 25.7 Å². The number of hydrogen-bond donors (Lipinski definition) is 0. The van der Waals surface area contributed by atoms with Gasteiger partial charge >= 0.3 is 12.1 Å². The van der Waals surface area contributed by atoms with Gasteiger partial charge in [0.1, 0.15) is 0 Å². The van der Waals surface area contributed by atoms with E-state index in [9.17, 15) is 9.59 Å². The van der Waals surface area contributed by atoms with Crippen LogP contribution in [0, 0.1) is 12.5 Å². The summed E-state index contributed by atoms with van der Waals surface area (Å²) in [4.78, 5) is 23.4. The van der Waals surface area contributed by atoms with Crippen LogP contribution >= 0.6 is 0 Å². The van der Waals surface area contributed by atoms with E-state index in [1.807, 2.05) is 0 Å². The Hall–Kier alpha value is -1.26. The molecule has 1 radical (unpaired) electrons. The Morgan fingerprint density at radius 3 is 2.62 bits per heavy atom. The highest BCUT2D eigenvalue weighted by Crippen LogP contribution is 2.21. The van der Waals surface area contributed by atoms with Gasteiger partial charge in [-0.25, -0.2) is 4.79 Å². The van der Waals surface area contributed by atoms with Gasteiger partial charge in [0, 0.05) is 6.54 Å². The molecule has 0 aliphatic carbocycles. The molecule has 0 bridgehead atoms. The van der Waals surface area contributed by atoms with E-state index >= 15 is 0 Å². The predicted octanol–water partition coefficient (Wildman–Crippen LogP) is 0.409. The van der Waals surface area contributed by atoms with Crippen molar-refractivity contribution in [2.45, 2.75) is 6.42 Å². The van der Waals surface area contributed by atoms with Crippen LogP contribution in [0.4, 0.5) is 4.79 Å². The van der Waals surface area contributed by atoms with Gasteiger partial charge < -0.3 is 14.4 Å². The lowest BCUT2D eigenvalue weighted by atomic mass is 10.1. The first-order chi connectivity index (χ1) is 6.19. The van der Waals surface area contributed by atoms with Crippen LogP contribution in [-0.2, 0) is 14.3 Å². The number of ether oxygens (including phenoxy) is 2. The molecule has 1 saturated heterocycles. The van der Waals surface area contributed by atoms with Crippen LogP contribution in [0.5, 0.6) is 0 Å². The number of likely N-dealkylation sites (tertiary alicyclic amines) is 1. The highest BCUT2D eigenvalue weighted by Gasteiger charge is 2.32. The monoisotopic (exact) mass is 186 g/mol. The molecule has 1 aliphatic heterocycles. The number of carbonyl (C=O) groups excluding carboxylic acids is 2. The summed E-state index contributed by atoms with van der Waals surface area (Å²) in [6, 6.07) is 0. The molecule has 73 valence electrons. The van der Waals surface area contributed by atoms with Gasteiger partial charge in [-0.05, 0) is 6.42 Å². The maximum absolute atomic E-state index is 11.0. The average Bonchev–Trinajstić information content (AvgIpc) is 2.64. The van der Waals surface area contributed by atoms with Gasteiger partial charge in [0.25, 0.3) is 0 Å². The third kappa shape index (κ3) is 2.11. The molecule has 1 fully saturated rings. The van der Waals surface area contributed by atoms with Crippen LogP contribution in [-0.4, -0.2) is 37.7 Å². The van der Waals surface area contributed by atoms with Crippen LogP contribution in [0.15, 0.2) is 0 Å². The lowest BCUT2D eigenvalue weighted by molar-refractivity contribution is -0.144. The fourth-order valence-electron chi connectivity index (χ4n) is 1.24. The summed E-state index contributed by atoms with van der Waals surface area (Å²) < 4.78 is 9.05. The van der Waals surface area contributed by atoms with E-state index in [-0.39, 0.29) is 11.9 Å². The van der Waals surface area contributed by atoms with Crippen molar-refractivity contribution >= 4 is 12.1 Å². The lowest BCUT2D eigenvalue weighted by Gasteiger charge is -2.12. The first kappa shape index (κ1) is 9.83. The summed E-state index contributed by atoms with van der Waals surface area (Å²) in [5.74, 6) is -0.629. The molecule has 1 rings (SSSR count). The molecule has 0 aromatic rings. The smallest absolute Gasteiger partial charge is 0.409 e. The quantitative estimate of drug-likeness (QED) is 0.556. The van der Waals surface area contributed by atoms with Crippen molar-refractivity contribution in [3.8, 4) is 0 Å². The molecule has 0 spiro atoms. The molecular formula is C8H12NO4. The maximum atomic E-state index is 11.0. The second-order valence-electron chi connectivity index (χ2n) is 2.73. The van der Waals surface area contributed by atoms with E-state index in [2.05, 4.69) is 9.47 Å². The third-order valence-electron chi connectivity index (χ3n) is 1.95. The average molecular weight is 186 g/mol. The van der Waals surface area contributed by atoms with E-state index in [0.717, 1.165) is 0 Å². The molecule has 0 saturated carbocycles. The second kappa shape index (κ2) is 4.11. The third-order valence-corrected chi connectivity index (χ3v) is 1.95. The number of esters is 1. The molecule has 1 amide bonds. The lowest BCUT2D eigenvalue weighted by Crippen LogP contribution is -2.25. The molecule has 1 heterocycles. The first-order valence-electron chi connectivity index (χ1n) is 3.96. The Morgan fingerprint density at radius 2 is 2.08 bits per heavy atom. The van der Waals surface area contributed by atoms with Gasteiger partial charge in [-0.15, -0.1) is 0 Å². The number of carbonyl (C=O) groups is 2. The van der Waals surface area contributed by atoms with Crippen LogP contribution in [0.1, 0.15) is 6.42 Å². The molecular weight excluding hydrogens is 174 g/mol. The normalized spacial score (nSPS) is 21.4. The van der Waals surface area contributed by atoms with Gasteiger partial charge in [-0.2, -0.15) is 0 Å². The highest BCUT2D eigenvalue weighted by atomic mass is 16.5. The number of methoxy groups -OCH3 is 2. The molecule has 13 heavy (non-hydrogen) atoms. The van der Waals surface area contributed by atoms with E-state index < -0.39 is 6.09 Å². The maximum Gasteiger partial charge on any atom is 0.409 e. The van der Waals surface area contributed by atoms with Crippen molar-refractivity contribution in [1.82, 2.24) is 4.90 Å². The SMILES string of the molecule is COC(=O)C1[CH]N(C(=O)OC)CC1. The van der Waals surface area contributed by atoms with Gasteiger partial charge in [0.15, 0.2) is 0 Å². The molecule has 0 N–H and O–H groups in total. The Morgan fingerprint density at radius 1 is 1.38 bits per heavy atom. The van der Waals surface area contributed by atoms with E-state index in [1.54, 1.807) is 0 Å². The minimum atomic E-state index is -0.439. The van der Waals surface area contributed by atoms with Crippen LogP contribution in [0.2, 0.25) is 0 Å².